The van der Waals surface area contributed by atoms with Crippen molar-refractivity contribution in [2.45, 2.75) is 37.8 Å². The summed E-state index contributed by atoms with van der Waals surface area (Å²) in [7, 11) is 0. The number of hydrogen-bond donors (Lipinski definition) is 2. The third-order valence-electron chi connectivity index (χ3n) is 8.60. The van der Waals surface area contributed by atoms with Crippen LogP contribution in [-0.2, 0) is 9.59 Å². The molecule has 2 aliphatic rings. The molecule has 5 heterocycles. The smallest absolute Gasteiger partial charge is 0.266 e. The largest absolute Gasteiger partial charge is 0.436 e. The predicted molar refractivity (Wildman–Crippen MR) is 191 cm³/mol. The first-order valence-electron chi connectivity index (χ1n) is 15.6. The molecule has 0 bridgehead atoms. The van der Waals surface area contributed by atoms with Crippen molar-refractivity contribution in [2.75, 3.05) is 23.7 Å². The highest BCUT2D eigenvalue weighted by molar-refractivity contribution is 7.13. The van der Waals surface area contributed by atoms with Gasteiger partial charge in [0.15, 0.2) is 5.76 Å². The highest BCUT2D eigenvalue weighted by Crippen LogP contribution is 2.31. The third kappa shape index (κ3) is 6.86. The van der Waals surface area contributed by atoms with Gasteiger partial charge in [-0.15, -0.1) is 22.7 Å². The van der Waals surface area contributed by atoms with Crippen LogP contribution < -0.4 is 10.6 Å². The van der Waals surface area contributed by atoms with E-state index in [1.807, 2.05) is 12.1 Å². The van der Waals surface area contributed by atoms with Crippen molar-refractivity contribution in [1.29, 1.82) is 0 Å². The number of anilines is 2. The average molecular weight is 735 g/mol. The molecule has 2 aromatic carbocycles. The van der Waals surface area contributed by atoms with E-state index in [2.05, 4.69) is 15.6 Å². The molecular formula is C35H29Cl2N5O5S2. The number of nitrogens with zero attached hydrogens (tertiary/aromatic N) is 3. The van der Waals surface area contributed by atoms with Gasteiger partial charge in [-0.1, -0.05) is 23.2 Å². The van der Waals surface area contributed by atoms with Crippen LogP contribution in [0.15, 0.2) is 82.0 Å². The molecule has 4 amide bonds. The van der Waals surface area contributed by atoms with E-state index in [9.17, 15) is 19.2 Å². The molecule has 0 radical (unpaired) electrons. The number of amides is 4. The van der Waals surface area contributed by atoms with Crippen molar-refractivity contribution >= 4 is 80.9 Å². The van der Waals surface area contributed by atoms with E-state index in [1.165, 1.54) is 22.7 Å². The fraction of sp³-hybridized carbons (Fsp3) is 0.229. The molecule has 5 aromatic rings. The molecule has 3 aromatic heterocycles. The van der Waals surface area contributed by atoms with E-state index < -0.39 is 12.1 Å². The highest BCUT2D eigenvalue weighted by atomic mass is 35.5. The van der Waals surface area contributed by atoms with Crippen LogP contribution in [0.5, 0.6) is 0 Å². The summed E-state index contributed by atoms with van der Waals surface area (Å²) in [6, 6.07) is 16.6. The topological polar surface area (TPSA) is 125 Å². The second-order valence-corrected chi connectivity index (χ2v) is 14.3. The van der Waals surface area contributed by atoms with Crippen molar-refractivity contribution < 1.29 is 23.6 Å². The lowest BCUT2D eigenvalue weighted by molar-refractivity contribution is -0.120. The van der Waals surface area contributed by atoms with Crippen LogP contribution in [0.25, 0.3) is 22.8 Å². The quantitative estimate of drug-likeness (QED) is 0.167. The summed E-state index contributed by atoms with van der Waals surface area (Å²) in [5, 5.41) is 10.2. The van der Waals surface area contributed by atoms with Crippen molar-refractivity contribution in [3.05, 3.63) is 97.4 Å². The van der Waals surface area contributed by atoms with Crippen LogP contribution in [0.3, 0.4) is 0 Å². The van der Waals surface area contributed by atoms with E-state index in [0.29, 0.717) is 68.8 Å². The number of halogens is 2. The molecule has 14 heteroatoms. The fourth-order valence-corrected chi connectivity index (χ4v) is 8.31. The first-order chi connectivity index (χ1) is 23.8. The molecule has 49 heavy (non-hydrogen) atoms. The number of likely N-dealkylation sites (tertiary alicyclic amines) is 2. The van der Waals surface area contributed by atoms with Gasteiger partial charge in [0.05, 0.1) is 16.2 Å². The summed E-state index contributed by atoms with van der Waals surface area (Å²) in [5.74, 6) is 0.00626. The first-order valence-corrected chi connectivity index (χ1v) is 18.1. The molecule has 0 spiro atoms. The lowest BCUT2D eigenvalue weighted by atomic mass is 10.1. The van der Waals surface area contributed by atoms with Gasteiger partial charge < -0.3 is 24.9 Å². The number of oxazole rings is 1. The zero-order valence-electron chi connectivity index (χ0n) is 25.9. The number of hydrogen-bond acceptors (Lipinski definition) is 8. The molecule has 0 unspecified atom stereocenters. The Labute approximate surface area is 299 Å². The Bertz CT molecular complexity index is 1880. The van der Waals surface area contributed by atoms with Gasteiger partial charge in [-0.3, -0.25) is 19.2 Å². The summed E-state index contributed by atoms with van der Waals surface area (Å²) >= 11 is 14.9. The number of aromatic nitrogens is 1. The van der Waals surface area contributed by atoms with Crippen LogP contribution in [0.4, 0.5) is 11.4 Å². The van der Waals surface area contributed by atoms with Crippen molar-refractivity contribution in [3.63, 3.8) is 0 Å². The van der Waals surface area contributed by atoms with Gasteiger partial charge in [0, 0.05) is 35.6 Å². The minimum Gasteiger partial charge on any atom is -0.436 e. The molecule has 2 N–H and O–H groups in total. The van der Waals surface area contributed by atoms with Crippen LogP contribution in [-0.4, -0.2) is 63.6 Å². The van der Waals surface area contributed by atoms with Crippen LogP contribution in [0, 0.1) is 0 Å². The maximum Gasteiger partial charge on any atom is 0.266 e. The minimum absolute atomic E-state index is 0.224. The summed E-state index contributed by atoms with van der Waals surface area (Å²) < 4.78 is 6.04. The summed E-state index contributed by atoms with van der Waals surface area (Å²) in [6.07, 6.45) is 4.27. The lowest BCUT2D eigenvalue weighted by Crippen LogP contribution is -2.43. The normalized spacial score (nSPS) is 17.3. The highest BCUT2D eigenvalue weighted by Gasteiger charge is 2.37. The molecule has 2 aliphatic heterocycles. The Kier molecular flexibility index (Phi) is 9.55. The average Bonchev–Trinajstić information content (AvgIpc) is 3.95. The van der Waals surface area contributed by atoms with Gasteiger partial charge in [0.25, 0.3) is 11.8 Å². The van der Waals surface area contributed by atoms with Gasteiger partial charge in [0.1, 0.15) is 21.8 Å². The summed E-state index contributed by atoms with van der Waals surface area (Å²) in [5.41, 5.74) is 2.68. The second kappa shape index (κ2) is 14.2. The molecule has 2 saturated heterocycles. The summed E-state index contributed by atoms with van der Waals surface area (Å²) in [6.45, 7) is 1.00. The number of nitrogens with one attached hydrogen (secondary N) is 2. The summed E-state index contributed by atoms with van der Waals surface area (Å²) in [4.78, 5) is 60.8. The fourth-order valence-electron chi connectivity index (χ4n) is 6.12. The van der Waals surface area contributed by atoms with Crippen LogP contribution >= 0.6 is 45.9 Å². The van der Waals surface area contributed by atoms with Gasteiger partial charge >= 0.3 is 0 Å². The third-order valence-corrected chi connectivity index (χ3v) is 11.3. The SMILES string of the molecule is O=C(Nc1ccc(-c2cnc(-c3ccc(NC(=O)[C@@H]4CCCN4C(=O)c4sccc4Cl)cc3)o2)cc1)[C@@H]1CCCN1C(=O)c1sccc1Cl. The van der Waals surface area contributed by atoms with E-state index in [1.54, 1.807) is 75.3 Å². The van der Waals surface area contributed by atoms with E-state index in [4.69, 9.17) is 27.6 Å². The molecule has 0 aliphatic carbocycles. The molecule has 0 saturated carbocycles. The Morgan fingerprint density at radius 2 is 1.16 bits per heavy atom. The number of carbonyl (C=O) groups excluding carboxylic acids is 4. The predicted octanol–water partition coefficient (Wildman–Crippen LogP) is 7.93. The van der Waals surface area contributed by atoms with Gasteiger partial charge in [-0.25, -0.2) is 4.98 Å². The number of thiophene rings is 2. The maximum atomic E-state index is 13.1. The standard InChI is InChI=1S/C35H29Cl2N5O5S2/c36-24-13-17-48-29(24)34(45)41-15-1-3-26(41)31(43)39-22-9-5-20(6-10-22)28-19-38-33(47-28)21-7-11-23(12-8-21)40-32(44)27-4-2-16-42(27)35(46)30-25(37)14-18-49-30/h5-14,17-19,26-27H,1-4,15-16H2,(H,39,43)(H,40,44)/t26-,27-/m0/s1. The Morgan fingerprint density at radius 1 is 0.694 bits per heavy atom. The van der Waals surface area contributed by atoms with Crippen LogP contribution in [0.1, 0.15) is 45.0 Å². The second-order valence-electron chi connectivity index (χ2n) is 11.7. The van der Waals surface area contributed by atoms with E-state index >= 15 is 0 Å². The number of carbonyl (C=O) groups is 4. The first kappa shape index (κ1) is 33.0. The van der Waals surface area contributed by atoms with Gasteiger partial charge in [0.2, 0.25) is 17.7 Å². The van der Waals surface area contributed by atoms with E-state index in [0.717, 1.165) is 24.0 Å². The molecule has 250 valence electrons. The lowest BCUT2D eigenvalue weighted by Gasteiger charge is -2.23. The van der Waals surface area contributed by atoms with Crippen LogP contribution in [0.2, 0.25) is 10.0 Å². The Hall–Kier alpha value is -4.49. The molecule has 7 rings (SSSR count). The van der Waals surface area contributed by atoms with Crippen molar-refractivity contribution in [1.82, 2.24) is 14.8 Å². The molecule has 2 fully saturated rings. The Morgan fingerprint density at radius 3 is 1.61 bits per heavy atom. The maximum absolute atomic E-state index is 13.1. The minimum atomic E-state index is -0.572. The van der Waals surface area contributed by atoms with Crippen molar-refractivity contribution in [2.24, 2.45) is 0 Å². The van der Waals surface area contributed by atoms with Gasteiger partial charge in [-0.2, -0.15) is 0 Å². The molecular weight excluding hydrogens is 705 g/mol. The zero-order valence-corrected chi connectivity index (χ0v) is 29.0. The monoisotopic (exact) mass is 733 g/mol. The van der Waals surface area contributed by atoms with Crippen molar-refractivity contribution in [3.8, 4) is 22.8 Å². The zero-order chi connectivity index (χ0) is 34.1. The van der Waals surface area contributed by atoms with E-state index in [-0.39, 0.29) is 23.6 Å². The Balaban J connectivity index is 0.955. The number of rotatable bonds is 8. The number of benzene rings is 2. The van der Waals surface area contributed by atoms with Gasteiger partial charge in [-0.05, 0) is 97.1 Å². The molecule has 2 atom stereocenters. The molecule has 10 nitrogen and oxygen atoms in total.